The number of furan rings is 1. The van der Waals surface area contributed by atoms with E-state index < -0.39 is 17.9 Å². The summed E-state index contributed by atoms with van der Waals surface area (Å²) in [6.45, 7) is 6.01. The second kappa shape index (κ2) is 10.4. The predicted octanol–water partition coefficient (Wildman–Crippen LogP) is 4.39. The van der Waals surface area contributed by atoms with Gasteiger partial charge in [0.05, 0.1) is 31.4 Å². The average molecular weight is 477 g/mol. The molecule has 1 aromatic carbocycles. The van der Waals surface area contributed by atoms with Gasteiger partial charge in [0.15, 0.2) is 11.5 Å². The number of ether oxygens (including phenoxy) is 3. The van der Waals surface area contributed by atoms with E-state index >= 15 is 0 Å². The smallest absolute Gasteiger partial charge is 0.373 e. The SMILES string of the molecule is CCOc1cc(C=C2NC(=O)N(Cc3ccc(C(=O)OC)o3)C2=O)cc(Cl)c1OC(C)CC. The van der Waals surface area contributed by atoms with Crippen molar-refractivity contribution in [2.75, 3.05) is 13.7 Å². The van der Waals surface area contributed by atoms with Crippen molar-refractivity contribution in [3.8, 4) is 11.5 Å². The lowest BCUT2D eigenvalue weighted by Crippen LogP contribution is -2.30. The quantitative estimate of drug-likeness (QED) is 0.325. The zero-order chi connectivity index (χ0) is 24.1. The minimum Gasteiger partial charge on any atom is -0.490 e. The molecule has 0 radical (unpaired) electrons. The van der Waals surface area contributed by atoms with Crippen LogP contribution in [-0.2, 0) is 16.1 Å². The van der Waals surface area contributed by atoms with E-state index in [-0.39, 0.29) is 29.9 Å². The molecule has 2 heterocycles. The lowest BCUT2D eigenvalue weighted by molar-refractivity contribution is -0.123. The molecule has 2 aromatic rings. The molecule has 33 heavy (non-hydrogen) atoms. The number of carbonyl (C=O) groups excluding carboxylic acids is 3. The number of urea groups is 1. The lowest BCUT2D eigenvalue weighted by Gasteiger charge is -2.18. The molecule has 1 atom stereocenters. The normalized spacial score (nSPS) is 15.5. The van der Waals surface area contributed by atoms with Gasteiger partial charge in [0.2, 0.25) is 5.76 Å². The minimum atomic E-state index is -0.651. The molecule has 1 aliphatic heterocycles. The average Bonchev–Trinajstić information content (AvgIpc) is 3.36. The Bertz CT molecular complexity index is 1090. The van der Waals surface area contributed by atoms with Crippen molar-refractivity contribution in [2.45, 2.75) is 39.8 Å². The highest BCUT2D eigenvalue weighted by Gasteiger charge is 2.34. The zero-order valence-electron chi connectivity index (χ0n) is 18.8. The molecule has 0 spiro atoms. The van der Waals surface area contributed by atoms with E-state index in [0.717, 1.165) is 11.3 Å². The number of carbonyl (C=O) groups is 3. The maximum Gasteiger partial charge on any atom is 0.373 e. The van der Waals surface area contributed by atoms with E-state index in [1.807, 2.05) is 20.8 Å². The molecule has 1 unspecified atom stereocenters. The van der Waals surface area contributed by atoms with Crippen molar-refractivity contribution in [3.63, 3.8) is 0 Å². The van der Waals surface area contributed by atoms with Crippen molar-refractivity contribution < 1.29 is 33.0 Å². The van der Waals surface area contributed by atoms with Gasteiger partial charge >= 0.3 is 12.0 Å². The summed E-state index contributed by atoms with van der Waals surface area (Å²) in [5, 5.41) is 2.87. The Morgan fingerprint density at radius 1 is 1.27 bits per heavy atom. The molecule has 1 saturated heterocycles. The summed E-state index contributed by atoms with van der Waals surface area (Å²) in [4.78, 5) is 37.7. The summed E-state index contributed by atoms with van der Waals surface area (Å²) in [6, 6.07) is 5.62. The third kappa shape index (κ3) is 5.48. The van der Waals surface area contributed by atoms with Crippen molar-refractivity contribution in [1.29, 1.82) is 0 Å². The maximum atomic E-state index is 12.8. The number of rotatable bonds is 9. The van der Waals surface area contributed by atoms with Crippen LogP contribution in [0.5, 0.6) is 11.5 Å². The first kappa shape index (κ1) is 24.2. The van der Waals surface area contributed by atoms with Crippen LogP contribution in [0.1, 0.15) is 49.1 Å². The molecule has 10 heteroatoms. The molecule has 1 N–H and O–H groups in total. The van der Waals surface area contributed by atoms with Crippen LogP contribution in [-0.4, -0.2) is 42.6 Å². The molecule has 3 amide bonds. The Balaban J connectivity index is 1.83. The third-order valence-electron chi connectivity index (χ3n) is 4.86. The highest BCUT2D eigenvalue weighted by Crippen LogP contribution is 2.38. The number of imide groups is 1. The van der Waals surface area contributed by atoms with Crippen molar-refractivity contribution >= 4 is 35.6 Å². The van der Waals surface area contributed by atoms with Crippen LogP contribution in [0.4, 0.5) is 4.79 Å². The molecule has 176 valence electrons. The van der Waals surface area contributed by atoms with Crippen LogP contribution in [0.25, 0.3) is 6.08 Å². The summed E-state index contributed by atoms with van der Waals surface area (Å²) >= 11 is 6.43. The number of halogens is 1. The summed E-state index contributed by atoms with van der Waals surface area (Å²) < 4.78 is 21.5. The fourth-order valence-corrected chi connectivity index (χ4v) is 3.31. The van der Waals surface area contributed by atoms with Gasteiger partial charge in [-0.2, -0.15) is 0 Å². The monoisotopic (exact) mass is 476 g/mol. The summed E-state index contributed by atoms with van der Waals surface area (Å²) in [5.41, 5.74) is 0.616. The number of hydrogen-bond acceptors (Lipinski definition) is 7. The lowest BCUT2D eigenvalue weighted by atomic mass is 10.1. The van der Waals surface area contributed by atoms with E-state index in [0.29, 0.717) is 28.7 Å². The maximum absolute atomic E-state index is 12.8. The van der Waals surface area contributed by atoms with Gasteiger partial charge in [-0.15, -0.1) is 0 Å². The Morgan fingerprint density at radius 3 is 2.70 bits per heavy atom. The molecule has 3 rings (SSSR count). The van der Waals surface area contributed by atoms with Crippen LogP contribution in [0.3, 0.4) is 0 Å². The van der Waals surface area contributed by atoms with E-state index in [9.17, 15) is 14.4 Å². The van der Waals surface area contributed by atoms with E-state index in [2.05, 4.69) is 10.1 Å². The topological polar surface area (TPSA) is 107 Å². The first-order valence-electron chi connectivity index (χ1n) is 10.4. The second-order valence-electron chi connectivity index (χ2n) is 7.24. The Morgan fingerprint density at radius 2 is 2.03 bits per heavy atom. The molecule has 0 bridgehead atoms. The summed E-state index contributed by atoms with van der Waals surface area (Å²) in [7, 11) is 1.23. The number of esters is 1. The molecule has 1 aromatic heterocycles. The summed E-state index contributed by atoms with van der Waals surface area (Å²) in [5.74, 6) is -0.0948. The number of benzene rings is 1. The fraction of sp³-hybridized carbons (Fsp3) is 0.348. The van der Waals surface area contributed by atoms with Crippen LogP contribution >= 0.6 is 11.6 Å². The van der Waals surface area contributed by atoms with E-state index in [4.69, 9.17) is 25.5 Å². The number of amides is 3. The highest BCUT2D eigenvalue weighted by atomic mass is 35.5. The molecule has 9 nitrogen and oxygen atoms in total. The minimum absolute atomic E-state index is 0.0203. The molecule has 1 aliphatic rings. The van der Waals surface area contributed by atoms with Gasteiger partial charge in [0, 0.05) is 0 Å². The van der Waals surface area contributed by atoms with Gasteiger partial charge in [0.1, 0.15) is 11.5 Å². The number of nitrogens with zero attached hydrogens (tertiary/aromatic N) is 1. The summed E-state index contributed by atoms with van der Waals surface area (Å²) in [6.07, 6.45) is 2.24. The highest BCUT2D eigenvalue weighted by molar-refractivity contribution is 6.32. The Hall–Kier alpha value is -3.46. The predicted molar refractivity (Wildman–Crippen MR) is 120 cm³/mol. The third-order valence-corrected chi connectivity index (χ3v) is 5.14. The van der Waals surface area contributed by atoms with Gasteiger partial charge in [-0.25, -0.2) is 9.59 Å². The Kier molecular flexibility index (Phi) is 7.65. The molecule has 0 aliphatic carbocycles. The van der Waals surface area contributed by atoms with Crippen LogP contribution in [0.15, 0.2) is 34.4 Å². The zero-order valence-corrected chi connectivity index (χ0v) is 19.5. The van der Waals surface area contributed by atoms with E-state index in [1.54, 1.807) is 12.1 Å². The first-order valence-corrected chi connectivity index (χ1v) is 10.8. The van der Waals surface area contributed by atoms with Crippen molar-refractivity contribution in [2.24, 2.45) is 0 Å². The first-order chi connectivity index (χ1) is 15.8. The van der Waals surface area contributed by atoms with Gasteiger partial charge < -0.3 is 23.9 Å². The molecular formula is C23H25ClN2O7. The standard InChI is InChI=1S/C23H25ClN2O7/c1-5-13(3)32-20-16(24)9-14(11-19(20)31-6-2)10-17-21(27)26(23(29)25-17)12-15-7-8-18(33-15)22(28)30-4/h7-11,13H,5-6,12H2,1-4H3,(H,25,29). The van der Waals surface area contributed by atoms with Crippen LogP contribution < -0.4 is 14.8 Å². The van der Waals surface area contributed by atoms with Crippen LogP contribution in [0.2, 0.25) is 5.02 Å². The number of methoxy groups -OCH3 is 1. The van der Waals surface area contributed by atoms with Gasteiger partial charge in [0.25, 0.3) is 5.91 Å². The van der Waals surface area contributed by atoms with Gasteiger partial charge in [-0.1, -0.05) is 18.5 Å². The van der Waals surface area contributed by atoms with Crippen molar-refractivity contribution in [3.05, 3.63) is 52.1 Å². The molecule has 0 saturated carbocycles. The largest absolute Gasteiger partial charge is 0.490 e. The number of hydrogen-bond donors (Lipinski definition) is 1. The second-order valence-corrected chi connectivity index (χ2v) is 7.64. The van der Waals surface area contributed by atoms with Gasteiger partial charge in [-0.3, -0.25) is 9.69 Å². The van der Waals surface area contributed by atoms with Gasteiger partial charge in [-0.05, 0) is 56.2 Å². The van der Waals surface area contributed by atoms with E-state index in [1.165, 1.54) is 25.3 Å². The fourth-order valence-electron chi connectivity index (χ4n) is 3.04. The molecule has 1 fully saturated rings. The van der Waals surface area contributed by atoms with Crippen LogP contribution in [0, 0.1) is 0 Å². The Labute approximate surface area is 196 Å². The van der Waals surface area contributed by atoms with Crippen molar-refractivity contribution in [1.82, 2.24) is 10.2 Å². The molecular weight excluding hydrogens is 452 g/mol. The number of nitrogens with one attached hydrogen (secondary N) is 1.